The Labute approximate surface area is 181 Å². The van der Waals surface area contributed by atoms with E-state index < -0.39 is 11.8 Å². The minimum atomic E-state index is -0.487. The molecule has 0 atom stereocenters. The van der Waals surface area contributed by atoms with Crippen molar-refractivity contribution in [2.24, 2.45) is 0 Å². The number of nitrogens with one attached hydrogen (secondary N) is 4. The molecule has 2 aromatic heterocycles. The predicted octanol–water partition coefficient (Wildman–Crippen LogP) is 4.71. The zero-order chi connectivity index (χ0) is 21.1. The van der Waals surface area contributed by atoms with Crippen molar-refractivity contribution in [1.82, 2.24) is 15.8 Å². The Morgan fingerprint density at radius 3 is 2.47 bits per heavy atom. The van der Waals surface area contributed by atoms with Crippen LogP contribution < -0.4 is 20.9 Å². The van der Waals surface area contributed by atoms with E-state index in [4.69, 9.17) is 16.3 Å². The molecule has 4 N–H and O–H groups in total. The van der Waals surface area contributed by atoms with Crippen LogP contribution in [0.4, 0.5) is 11.4 Å². The van der Waals surface area contributed by atoms with Crippen LogP contribution in [0.1, 0.15) is 20.0 Å². The highest BCUT2D eigenvalue weighted by Crippen LogP contribution is 2.37. The first-order valence-corrected chi connectivity index (χ1v) is 10.1. The van der Waals surface area contributed by atoms with E-state index >= 15 is 0 Å². The Bertz CT molecular complexity index is 1200. The van der Waals surface area contributed by atoms with Gasteiger partial charge in [0, 0.05) is 33.7 Å². The van der Waals surface area contributed by atoms with Crippen LogP contribution >= 0.6 is 22.9 Å². The number of hydrazine groups is 1. The maximum atomic E-state index is 12.5. The van der Waals surface area contributed by atoms with E-state index in [0.29, 0.717) is 21.2 Å². The number of hydrogen-bond acceptors (Lipinski definition) is 5. The molecule has 152 valence electrons. The highest BCUT2D eigenvalue weighted by Gasteiger charge is 2.18. The van der Waals surface area contributed by atoms with Gasteiger partial charge in [-0.05, 0) is 48.5 Å². The third kappa shape index (κ3) is 4.10. The molecule has 0 saturated carbocycles. The number of hydrogen-bond donors (Lipinski definition) is 4. The minimum absolute atomic E-state index is 0.311. The molecule has 0 aliphatic rings. The topological polar surface area (TPSA) is 95.2 Å². The number of carbonyl (C=O) groups is 2. The van der Waals surface area contributed by atoms with Crippen molar-refractivity contribution in [1.29, 1.82) is 0 Å². The van der Waals surface area contributed by atoms with E-state index in [2.05, 4.69) is 21.2 Å². The molecular weight excluding hydrogens is 424 g/mol. The number of H-pyrrole nitrogens is 1. The Balaban J connectivity index is 1.40. The molecule has 0 spiro atoms. The van der Waals surface area contributed by atoms with E-state index in [1.807, 2.05) is 24.5 Å². The molecule has 4 aromatic rings. The third-order valence-electron chi connectivity index (χ3n) is 4.37. The lowest BCUT2D eigenvalue weighted by atomic mass is 10.2. The quantitative estimate of drug-likeness (QED) is 0.338. The molecule has 30 heavy (non-hydrogen) atoms. The Hall–Kier alpha value is -3.49. The van der Waals surface area contributed by atoms with Gasteiger partial charge in [-0.15, -0.1) is 11.3 Å². The van der Waals surface area contributed by atoms with Gasteiger partial charge in [-0.1, -0.05) is 11.6 Å². The first kappa shape index (κ1) is 19.8. The number of aromatic amines is 1. The first-order chi connectivity index (χ1) is 14.5. The van der Waals surface area contributed by atoms with Crippen LogP contribution in [-0.4, -0.2) is 23.9 Å². The summed E-state index contributed by atoms with van der Waals surface area (Å²) in [5.41, 5.74) is 6.99. The van der Waals surface area contributed by atoms with Gasteiger partial charge in [0.2, 0.25) is 0 Å². The van der Waals surface area contributed by atoms with E-state index in [1.165, 1.54) is 11.3 Å². The molecule has 9 heteroatoms. The second-order valence-electron chi connectivity index (χ2n) is 6.32. The van der Waals surface area contributed by atoms with Gasteiger partial charge in [-0.25, -0.2) is 0 Å². The fourth-order valence-corrected chi connectivity index (χ4v) is 4.27. The SMILES string of the molecule is COc1ccc2c(Cl)c(C(=O)NNC(=O)c3ccc(Nc4cc[nH]c4)cc3)sc2c1. The summed E-state index contributed by atoms with van der Waals surface area (Å²) < 4.78 is 6.02. The molecule has 0 aliphatic carbocycles. The summed E-state index contributed by atoms with van der Waals surface area (Å²) in [7, 11) is 1.57. The van der Waals surface area contributed by atoms with Crippen molar-refractivity contribution in [2.75, 3.05) is 12.4 Å². The van der Waals surface area contributed by atoms with Crippen LogP contribution in [0.3, 0.4) is 0 Å². The lowest BCUT2D eigenvalue weighted by Crippen LogP contribution is -2.41. The van der Waals surface area contributed by atoms with E-state index in [9.17, 15) is 9.59 Å². The molecule has 2 amide bonds. The van der Waals surface area contributed by atoms with Gasteiger partial charge < -0.3 is 15.0 Å². The lowest BCUT2D eigenvalue weighted by molar-refractivity contribution is 0.0849. The van der Waals surface area contributed by atoms with Gasteiger partial charge in [0.15, 0.2) is 0 Å². The number of rotatable bonds is 5. The molecule has 0 fully saturated rings. The van der Waals surface area contributed by atoms with E-state index in [0.717, 1.165) is 21.5 Å². The van der Waals surface area contributed by atoms with Crippen LogP contribution in [-0.2, 0) is 0 Å². The average molecular weight is 441 g/mol. The number of methoxy groups -OCH3 is 1. The van der Waals surface area contributed by atoms with Gasteiger partial charge in [0.1, 0.15) is 10.6 Å². The van der Waals surface area contributed by atoms with Crippen LogP contribution in [0, 0.1) is 0 Å². The summed E-state index contributed by atoms with van der Waals surface area (Å²) in [5, 5.41) is 4.29. The number of ether oxygens (including phenoxy) is 1. The zero-order valence-corrected chi connectivity index (χ0v) is 17.4. The second-order valence-corrected chi connectivity index (χ2v) is 7.75. The molecule has 2 heterocycles. The van der Waals surface area contributed by atoms with Crippen LogP contribution in [0.5, 0.6) is 5.75 Å². The Kier molecular flexibility index (Phi) is 5.60. The summed E-state index contributed by atoms with van der Waals surface area (Å²) in [6, 6.07) is 14.2. The number of aromatic nitrogens is 1. The number of anilines is 2. The van der Waals surface area contributed by atoms with E-state index in [1.54, 1.807) is 43.5 Å². The van der Waals surface area contributed by atoms with E-state index in [-0.39, 0.29) is 0 Å². The highest BCUT2D eigenvalue weighted by molar-refractivity contribution is 7.21. The van der Waals surface area contributed by atoms with Crippen molar-refractivity contribution in [2.45, 2.75) is 0 Å². The highest BCUT2D eigenvalue weighted by atomic mass is 35.5. The van der Waals surface area contributed by atoms with Crippen molar-refractivity contribution in [3.8, 4) is 5.75 Å². The Morgan fingerprint density at radius 2 is 1.77 bits per heavy atom. The Morgan fingerprint density at radius 1 is 1.00 bits per heavy atom. The first-order valence-electron chi connectivity index (χ1n) is 8.92. The number of fused-ring (bicyclic) bond motifs is 1. The van der Waals surface area contributed by atoms with Crippen molar-refractivity contribution in [3.05, 3.63) is 76.4 Å². The summed E-state index contributed by atoms with van der Waals surface area (Å²) in [4.78, 5) is 28.1. The molecule has 2 aromatic carbocycles. The number of thiophene rings is 1. The summed E-state index contributed by atoms with van der Waals surface area (Å²) in [5.74, 6) is -0.246. The minimum Gasteiger partial charge on any atom is -0.497 e. The fraction of sp³-hybridized carbons (Fsp3) is 0.0476. The third-order valence-corrected chi connectivity index (χ3v) is 6.02. The van der Waals surface area contributed by atoms with Crippen molar-refractivity contribution >= 4 is 56.2 Å². The summed E-state index contributed by atoms with van der Waals surface area (Å²) in [6.45, 7) is 0. The average Bonchev–Trinajstić information content (AvgIpc) is 3.39. The number of amides is 2. The molecule has 0 aliphatic heterocycles. The fourth-order valence-electron chi connectivity index (χ4n) is 2.83. The normalized spacial score (nSPS) is 10.6. The zero-order valence-electron chi connectivity index (χ0n) is 15.8. The van der Waals surface area contributed by atoms with Gasteiger partial charge in [0.25, 0.3) is 11.8 Å². The largest absolute Gasteiger partial charge is 0.497 e. The molecule has 4 rings (SSSR count). The maximum Gasteiger partial charge on any atom is 0.281 e. The summed E-state index contributed by atoms with van der Waals surface area (Å²) in [6.07, 6.45) is 3.64. The number of halogens is 1. The van der Waals surface area contributed by atoms with Crippen LogP contribution in [0.25, 0.3) is 10.1 Å². The van der Waals surface area contributed by atoms with Crippen molar-refractivity contribution in [3.63, 3.8) is 0 Å². The monoisotopic (exact) mass is 440 g/mol. The molecular formula is C21H17ClN4O3S. The summed E-state index contributed by atoms with van der Waals surface area (Å²) >= 11 is 7.57. The predicted molar refractivity (Wildman–Crippen MR) is 119 cm³/mol. The smallest absolute Gasteiger partial charge is 0.281 e. The van der Waals surface area contributed by atoms with Gasteiger partial charge in [-0.3, -0.25) is 20.4 Å². The van der Waals surface area contributed by atoms with Gasteiger partial charge >= 0.3 is 0 Å². The lowest BCUT2D eigenvalue weighted by Gasteiger charge is -2.08. The standard InChI is InChI=1S/C21H17ClN4O3S/c1-29-15-6-7-16-17(10-15)30-19(18(16)22)21(28)26-25-20(27)12-2-4-13(5-3-12)24-14-8-9-23-11-14/h2-11,23-24H,1H3,(H,25,27)(H,26,28). The number of benzene rings is 2. The van der Waals surface area contributed by atoms with Crippen molar-refractivity contribution < 1.29 is 14.3 Å². The molecule has 0 saturated heterocycles. The molecule has 0 bridgehead atoms. The molecule has 7 nitrogen and oxygen atoms in total. The van der Waals surface area contributed by atoms with Crippen LogP contribution in [0.15, 0.2) is 60.9 Å². The molecule has 0 radical (unpaired) electrons. The molecule has 0 unspecified atom stereocenters. The van der Waals surface area contributed by atoms with Gasteiger partial charge in [-0.2, -0.15) is 0 Å². The maximum absolute atomic E-state index is 12.5. The van der Waals surface area contributed by atoms with Gasteiger partial charge in [0.05, 0.1) is 17.8 Å². The number of carbonyl (C=O) groups excluding carboxylic acids is 2. The van der Waals surface area contributed by atoms with Crippen LogP contribution in [0.2, 0.25) is 5.02 Å². The second kappa shape index (κ2) is 8.48.